The summed E-state index contributed by atoms with van der Waals surface area (Å²) in [6, 6.07) is 7.59. The van der Waals surface area contributed by atoms with Crippen LogP contribution in [0, 0.1) is 5.92 Å². The molecule has 0 unspecified atom stereocenters. The molecule has 2 heterocycles. The number of carbonyl (C=O) groups excluding carboxylic acids is 1. The number of carbonyl (C=O) groups is 1. The van der Waals surface area contributed by atoms with Crippen molar-refractivity contribution in [2.24, 2.45) is 18.7 Å². The molecule has 27 heavy (non-hydrogen) atoms. The number of hydrogen-bond acceptors (Lipinski definition) is 5. The first-order valence-electron chi connectivity index (χ1n) is 9.43. The largest absolute Gasteiger partial charge is 0.492 e. The zero-order valence-electron chi connectivity index (χ0n) is 15.8. The maximum absolute atomic E-state index is 12.6. The average molecular weight is 372 g/mol. The fraction of sp³-hybridized carbons (Fsp3) is 0.500. The lowest BCUT2D eigenvalue weighted by Gasteiger charge is -2.34. The number of nitrogens with two attached hydrogens (primary N) is 1. The van der Waals surface area contributed by atoms with E-state index in [9.17, 15) is 9.90 Å². The number of amides is 1. The molecule has 0 aliphatic carbocycles. The Labute approximate surface area is 159 Å². The molecule has 146 valence electrons. The number of rotatable bonds is 7. The van der Waals surface area contributed by atoms with E-state index in [2.05, 4.69) is 4.98 Å². The summed E-state index contributed by atoms with van der Waals surface area (Å²) in [6.45, 7) is 2.24. The topological polar surface area (TPSA) is 93.6 Å². The van der Waals surface area contributed by atoms with Crippen LogP contribution in [0.15, 0.2) is 36.7 Å². The summed E-state index contributed by atoms with van der Waals surface area (Å²) in [5, 5.41) is 10.6. The van der Waals surface area contributed by atoms with Crippen molar-refractivity contribution in [3.05, 3.63) is 48.0 Å². The van der Waals surface area contributed by atoms with E-state index in [1.165, 1.54) is 0 Å². The van der Waals surface area contributed by atoms with Crippen LogP contribution in [0.3, 0.4) is 0 Å². The molecular formula is C20H28N4O3. The molecule has 0 saturated carbocycles. The minimum absolute atomic E-state index is 0.107. The van der Waals surface area contributed by atoms with Gasteiger partial charge in [-0.25, -0.2) is 4.98 Å². The first-order valence-corrected chi connectivity index (χ1v) is 9.43. The molecule has 1 aliphatic heterocycles. The normalized spacial score (nSPS) is 16.3. The second-order valence-electron chi connectivity index (χ2n) is 7.02. The number of aromatic nitrogens is 2. The van der Waals surface area contributed by atoms with Crippen LogP contribution in [0.1, 0.15) is 30.3 Å². The Morgan fingerprint density at radius 1 is 1.41 bits per heavy atom. The molecule has 7 heteroatoms. The molecule has 0 radical (unpaired) electrons. The van der Waals surface area contributed by atoms with Crippen LogP contribution in [0.5, 0.6) is 5.75 Å². The first kappa shape index (κ1) is 19.4. The third kappa shape index (κ3) is 4.87. The molecule has 0 bridgehead atoms. The number of piperidine rings is 1. The van der Waals surface area contributed by atoms with Crippen LogP contribution in [-0.4, -0.2) is 51.7 Å². The molecule has 1 aliphatic rings. The van der Waals surface area contributed by atoms with Crippen LogP contribution in [0.2, 0.25) is 0 Å². The second-order valence-corrected chi connectivity index (χ2v) is 7.02. The van der Waals surface area contributed by atoms with Gasteiger partial charge in [0, 0.05) is 39.1 Å². The van der Waals surface area contributed by atoms with Crippen LogP contribution in [0.25, 0.3) is 0 Å². The van der Waals surface area contributed by atoms with Gasteiger partial charge in [-0.3, -0.25) is 4.79 Å². The number of nitrogens with zero attached hydrogens (tertiary/aromatic N) is 3. The fourth-order valence-electron chi connectivity index (χ4n) is 3.55. The van der Waals surface area contributed by atoms with Crippen molar-refractivity contribution in [2.75, 3.05) is 26.2 Å². The van der Waals surface area contributed by atoms with E-state index in [0.29, 0.717) is 38.5 Å². The maximum atomic E-state index is 12.6. The molecule has 1 amide bonds. The van der Waals surface area contributed by atoms with Gasteiger partial charge in [0.25, 0.3) is 0 Å². The molecule has 1 aromatic carbocycles. The third-order valence-electron chi connectivity index (χ3n) is 5.10. The zero-order valence-corrected chi connectivity index (χ0v) is 15.8. The number of hydrogen-bond donors (Lipinski definition) is 2. The standard InChI is InChI=1S/C20H28N4O3/c1-23-11-8-22-20(23)19(26)16-5-9-24(10-6-16)18(25)14-15-3-2-4-17(13-15)27-12-7-21/h2-4,8,11,13,16,19,26H,5-7,9-10,12,14,21H2,1H3/t19-/m1/s1. The van der Waals surface area contributed by atoms with Gasteiger partial charge in [0.15, 0.2) is 0 Å². The fourth-order valence-corrected chi connectivity index (χ4v) is 3.55. The van der Waals surface area contributed by atoms with Crippen LogP contribution < -0.4 is 10.5 Å². The van der Waals surface area contributed by atoms with E-state index < -0.39 is 6.10 Å². The minimum Gasteiger partial charge on any atom is -0.492 e. The third-order valence-corrected chi connectivity index (χ3v) is 5.10. The molecular weight excluding hydrogens is 344 g/mol. The van der Waals surface area contributed by atoms with Crippen molar-refractivity contribution in [1.82, 2.24) is 14.5 Å². The van der Waals surface area contributed by atoms with Crippen LogP contribution in [0.4, 0.5) is 0 Å². The summed E-state index contributed by atoms with van der Waals surface area (Å²) in [4.78, 5) is 18.8. The van der Waals surface area contributed by atoms with Crippen LogP contribution >= 0.6 is 0 Å². The number of likely N-dealkylation sites (tertiary alicyclic amines) is 1. The van der Waals surface area contributed by atoms with Gasteiger partial charge in [-0.1, -0.05) is 12.1 Å². The highest BCUT2D eigenvalue weighted by Crippen LogP contribution is 2.30. The van der Waals surface area contributed by atoms with Gasteiger partial charge in [0.2, 0.25) is 5.91 Å². The van der Waals surface area contributed by atoms with Gasteiger partial charge in [-0.05, 0) is 36.5 Å². The van der Waals surface area contributed by atoms with E-state index in [1.54, 1.807) is 6.20 Å². The van der Waals surface area contributed by atoms with Crippen molar-refractivity contribution in [2.45, 2.75) is 25.4 Å². The lowest BCUT2D eigenvalue weighted by atomic mass is 9.90. The molecule has 7 nitrogen and oxygen atoms in total. The minimum atomic E-state index is -0.585. The molecule has 3 rings (SSSR count). The Balaban J connectivity index is 1.52. The molecule has 1 fully saturated rings. The van der Waals surface area contributed by atoms with Crippen molar-refractivity contribution in [1.29, 1.82) is 0 Å². The lowest BCUT2D eigenvalue weighted by molar-refractivity contribution is -0.132. The van der Waals surface area contributed by atoms with Crippen molar-refractivity contribution < 1.29 is 14.6 Å². The number of aliphatic hydroxyl groups excluding tert-OH is 1. The summed E-state index contributed by atoms with van der Waals surface area (Å²) < 4.78 is 7.37. The monoisotopic (exact) mass is 372 g/mol. The number of ether oxygens (including phenoxy) is 1. The highest BCUT2D eigenvalue weighted by atomic mass is 16.5. The molecule has 3 N–H and O–H groups in total. The van der Waals surface area contributed by atoms with E-state index >= 15 is 0 Å². The summed E-state index contributed by atoms with van der Waals surface area (Å²) in [6.07, 6.45) is 4.86. The Morgan fingerprint density at radius 3 is 2.85 bits per heavy atom. The number of imidazole rings is 1. The maximum Gasteiger partial charge on any atom is 0.226 e. The molecule has 1 aromatic heterocycles. The SMILES string of the molecule is Cn1ccnc1[C@H](O)C1CCN(C(=O)Cc2cccc(OCCN)c2)CC1. The Bertz CT molecular complexity index is 753. The van der Waals surface area contributed by atoms with E-state index in [4.69, 9.17) is 10.5 Å². The Kier molecular flexibility index (Phi) is 6.47. The number of aryl methyl sites for hydroxylation is 1. The van der Waals surface area contributed by atoms with Gasteiger partial charge in [-0.2, -0.15) is 0 Å². The molecule has 0 spiro atoms. The highest BCUT2D eigenvalue weighted by molar-refractivity contribution is 5.79. The Morgan fingerprint density at radius 2 is 2.19 bits per heavy atom. The quantitative estimate of drug-likeness (QED) is 0.763. The summed E-state index contributed by atoms with van der Waals surface area (Å²) in [5.74, 6) is 1.66. The van der Waals surface area contributed by atoms with Crippen molar-refractivity contribution in [3.63, 3.8) is 0 Å². The van der Waals surface area contributed by atoms with Gasteiger partial charge in [0.1, 0.15) is 24.3 Å². The van der Waals surface area contributed by atoms with Gasteiger partial charge in [-0.15, -0.1) is 0 Å². The van der Waals surface area contributed by atoms with Gasteiger partial charge < -0.3 is 25.0 Å². The number of benzene rings is 1. The van der Waals surface area contributed by atoms with E-state index in [1.807, 2.05) is 47.0 Å². The first-order chi connectivity index (χ1) is 13.1. The number of aliphatic hydroxyl groups is 1. The second kappa shape index (κ2) is 9.01. The van der Waals surface area contributed by atoms with Crippen molar-refractivity contribution in [3.8, 4) is 5.75 Å². The van der Waals surface area contributed by atoms with Gasteiger partial charge >= 0.3 is 0 Å². The zero-order chi connectivity index (χ0) is 19.2. The highest BCUT2D eigenvalue weighted by Gasteiger charge is 2.30. The average Bonchev–Trinajstić information content (AvgIpc) is 3.12. The lowest BCUT2D eigenvalue weighted by Crippen LogP contribution is -2.40. The van der Waals surface area contributed by atoms with Crippen LogP contribution in [-0.2, 0) is 18.3 Å². The molecule has 1 atom stereocenters. The van der Waals surface area contributed by atoms with E-state index in [-0.39, 0.29) is 11.8 Å². The predicted molar refractivity (Wildman–Crippen MR) is 102 cm³/mol. The Hall–Kier alpha value is -2.38. The van der Waals surface area contributed by atoms with E-state index in [0.717, 1.165) is 24.2 Å². The molecule has 2 aromatic rings. The van der Waals surface area contributed by atoms with Gasteiger partial charge in [0.05, 0.1) is 6.42 Å². The smallest absolute Gasteiger partial charge is 0.226 e. The predicted octanol–water partition coefficient (Wildman–Crippen LogP) is 1.27. The van der Waals surface area contributed by atoms with Crippen molar-refractivity contribution >= 4 is 5.91 Å². The summed E-state index contributed by atoms with van der Waals surface area (Å²) in [7, 11) is 1.88. The summed E-state index contributed by atoms with van der Waals surface area (Å²) >= 11 is 0. The molecule has 1 saturated heterocycles. The summed E-state index contributed by atoms with van der Waals surface area (Å²) in [5.41, 5.74) is 6.39.